The van der Waals surface area contributed by atoms with Crippen LogP contribution in [0.3, 0.4) is 0 Å². The Balaban J connectivity index is 1.69. The smallest absolute Gasteiger partial charge is 0.266 e. The number of aryl methyl sites for hydroxylation is 1. The fraction of sp³-hybridized carbons (Fsp3) is 0.174. The van der Waals surface area contributed by atoms with Crippen LogP contribution in [0, 0.1) is 13.8 Å². The van der Waals surface area contributed by atoms with Crippen LogP contribution in [0.15, 0.2) is 65.1 Å². The van der Waals surface area contributed by atoms with Crippen molar-refractivity contribution in [3.05, 3.63) is 81.8 Å². The molecule has 2 aromatic carbocycles. The molecule has 0 aliphatic carbocycles. The molecule has 1 aliphatic heterocycles. The lowest BCUT2D eigenvalue weighted by Crippen LogP contribution is -2.36. The molecule has 2 aromatic rings. The minimum absolute atomic E-state index is 0.100. The van der Waals surface area contributed by atoms with Gasteiger partial charge in [0.1, 0.15) is 10.9 Å². The number of allylic oxidation sites excluding steroid dienone is 2. The predicted molar refractivity (Wildman–Crippen MR) is 125 cm³/mol. The molecule has 1 heterocycles. The molecule has 0 unspecified atom stereocenters. The van der Waals surface area contributed by atoms with Crippen LogP contribution >= 0.6 is 24.0 Å². The number of anilines is 1. The van der Waals surface area contributed by atoms with Gasteiger partial charge in [0.05, 0.1) is 4.91 Å². The zero-order chi connectivity index (χ0) is 21.0. The van der Waals surface area contributed by atoms with E-state index in [9.17, 15) is 9.59 Å². The summed E-state index contributed by atoms with van der Waals surface area (Å²) in [5.74, 6) is -0.510. The number of thiocarbonyl (C=S) groups is 1. The molecular formula is C23H22N2O2S2. The molecule has 0 saturated carbocycles. The Morgan fingerprint density at radius 2 is 1.86 bits per heavy atom. The van der Waals surface area contributed by atoms with Gasteiger partial charge in [0.25, 0.3) is 5.91 Å². The maximum absolute atomic E-state index is 12.8. The lowest BCUT2D eigenvalue weighted by molar-refractivity contribution is -0.126. The number of nitrogens with one attached hydrogen (secondary N) is 1. The van der Waals surface area contributed by atoms with E-state index in [0.29, 0.717) is 9.23 Å². The topological polar surface area (TPSA) is 49.4 Å². The normalized spacial score (nSPS) is 15.9. The van der Waals surface area contributed by atoms with Gasteiger partial charge >= 0.3 is 0 Å². The molecule has 1 aliphatic rings. The number of thioether (sulfide) groups is 1. The molecule has 29 heavy (non-hydrogen) atoms. The highest BCUT2D eigenvalue weighted by Gasteiger charge is 2.33. The fourth-order valence-electron chi connectivity index (χ4n) is 2.92. The molecule has 1 saturated heterocycles. The van der Waals surface area contributed by atoms with Gasteiger partial charge in [-0.15, -0.1) is 0 Å². The number of carbonyl (C=O) groups is 2. The van der Waals surface area contributed by atoms with Crippen molar-refractivity contribution in [2.24, 2.45) is 0 Å². The molecule has 0 radical (unpaired) electrons. The van der Waals surface area contributed by atoms with Crippen molar-refractivity contribution >= 4 is 51.9 Å². The summed E-state index contributed by atoms with van der Waals surface area (Å²) in [5.41, 5.74) is 4.85. The predicted octanol–water partition coefficient (Wildman–Crippen LogP) is 5.09. The summed E-state index contributed by atoms with van der Waals surface area (Å²) in [4.78, 5) is 27.1. The summed E-state index contributed by atoms with van der Waals surface area (Å²) >= 11 is 6.56. The molecule has 0 aromatic heterocycles. The fourth-order valence-corrected chi connectivity index (χ4v) is 4.22. The van der Waals surface area contributed by atoms with Gasteiger partial charge in [0, 0.05) is 5.69 Å². The molecule has 0 bridgehead atoms. The average Bonchev–Trinajstić information content (AvgIpc) is 2.93. The van der Waals surface area contributed by atoms with E-state index in [1.54, 1.807) is 0 Å². The maximum Gasteiger partial charge on any atom is 0.266 e. The Labute approximate surface area is 180 Å². The second-order valence-electron chi connectivity index (χ2n) is 6.86. The first kappa shape index (κ1) is 21.0. The van der Waals surface area contributed by atoms with Crippen molar-refractivity contribution in [2.75, 3.05) is 11.9 Å². The Kier molecular flexibility index (Phi) is 6.67. The molecule has 1 fully saturated rings. The third-order valence-electron chi connectivity index (χ3n) is 4.61. The van der Waals surface area contributed by atoms with E-state index in [-0.39, 0.29) is 18.4 Å². The first-order valence-corrected chi connectivity index (χ1v) is 10.4. The SMILES string of the molecule is CC(/C=C1\SC(=S)N(CC(=O)Nc2cccc(C)c2C)C1=O)=C\c1ccccc1. The first-order chi connectivity index (χ1) is 13.8. The van der Waals surface area contributed by atoms with E-state index < -0.39 is 0 Å². The second kappa shape index (κ2) is 9.20. The number of hydrogen-bond donors (Lipinski definition) is 1. The van der Waals surface area contributed by atoms with Gasteiger partial charge in [0.2, 0.25) is 5.91 Å². The van der Waals surface area contributed by atoms with Crippen molar-refractivity contribution in [2.45, 2.75) is 20.8 Å². The summed E-state index contributed by atoms with van der Waals surface area (Å²) in [6.45, 7) is 5.78. The van der Waals surface area contributed by atoms with Crippen molar-refractivity contribution < 1.29 is 9.59 Å². The molecule has 1 N–H and O–H groups in total. The van der Waals surface area contributed by atoms with E-state index >= 15 is 0 Å². The van der Waals surface area contributed by atoms with E-state index in [4.69, 9.17) is 12.2 Å². The first-order valence-electron chi connectivity index (χ1n) is 9.20. The zero-order valence-corrected chi connectivity index (χ0v) is 18.2. The Bertz CT molecular complexity index is 1030. The summed E-state index contributed by atoms with van der Waals surface area (Å²) in [7, 11) is 0. The average molecular weight is 423 g/mol. The van der Waals surface area contributed by atoms with E-state index in [1.165, 1.54) is 16.7 Å². The number of hydrogen-bond acceptors (Lipinski definition) is 4. The lowest BCUT2D eigenvalue weighted by atomic mass is 10.1. The Morgan fingerprint density at radius 3 is 2.59 bits per heavy atom. The van der Waals surface area contributed by atoms with Gasteiger partial charge in [-0.3, -0.25) is 14.5 Å². The van der Waals surface area contributed by atoms with Crippen molar-refractivity contribution in [1.29, 1.82) is 0 Å². The second-order valence-corrected chi connectivity index (χ2v) is 8.54. The molecule has 148 valence electrons. The van der Waals surface area contributed by atoms with Crippen LogP contribution in [0.1, 0.15) is 23.6 Å². The lowest BCUT2D eigenvalue weighted by Gasteiger charge is -2.15. The van der Waals surface area contributed by atoms with Crippen LogP contribution in [0.4, 0.5) is 5.69 Å². The highest BCUT2D eigenvalue weighted by molar-refractivity contribution is 8.26. The van der Waals surface area contributed by atoms with Crippen LogP contribution in [-0.4, -0.2) is 27.6 Å². The van der Waals surface area contributed by atoms with Crippen LogP contribution in [-0.2, 0) is 9.59 Å². The molecule has 0 spiro atoms. The van der Waals surface area contributed by atoms with Crippen LogP contribution in [0.5, 0.6) is 0 Å². The van der Waals surface area contributed by atoms with Gasteiger partial charge in [-0.2, -0.15) is 0 Å². The minimum Gasteiger partial charge on any atom is -0.324 e. The number of rotatable bonds is 5. The maximum atomic E-state index is 12.8. The minimum atomic E-state index is -0.271. The summed E-state index contributed by atoms with van der Waals surface area (Å²) in [6, 6.07) is 15.6. The molecule has 6 heteroatoms. The third kappa shape index (κ3) is 5.22. The highest BCUT2D eigenvalue weighted by Crippen LogP contribution is 2.32. The van der Waals surface area contributed by atoms with Crippen molar-refractivity contribution in [1.82, 2.24) is 4.90 Å². The molecule has 4 nitrogen and oxygen atoms in total. The standard InChI is InChI=1S/C23H22N2O2S2/c1-15(12-18-9-5-4-6-10-18)13-20-22(27)25(23(28)29-20)14-21(26)24-19-11-7-8-16(2)17(19)3/h4-13H,14H2,1-3H3,(H,24,26)/b15-12+,20-13-. The largest absolute Gasteiger partial charge is 0.324 e. The van der Waals surface area contributed by atoms with Crippen LogP contribution < -0.4 is 5.32 Å². The van der Waals surface area contributed by atoms with Crippen LogP contribution in [0.25, 0.3) is 6.08 Å². The summed E-state index contributed by atoms with van der Waals surface area (Å²) in [6.07, 6.45) is 3.81. The van der Waals surface area contributed by atoms with Gasteiger partial charge in [-0.05, 0) is 55.2 Å². The molecule has 3 rings (SSSR count). The highest BCUT2D eigenvalue weighted by atomic mass is 32.2. The third-order valence-corrected chi connectivity index (χ3v) is 5.98. The van der Waals surface area contributed by atoms with Gasteiger partial charge < -0.3 is 5.32 Å². The zero-order valence-electron chi connectivity index (χ0n) is 16.6. The van der Waals surface area contributed by atoms with E-state index in [0.717, 1.165) is 28.0 Å². The van der Waals surface area contributed by atoms with E-state index in [2.05, 4.69) is 5.32 Å². The molecular weight excluding hydrogens is 400 g/mol. The number of amides is 2. The Morgan fingerprint density at radius 1 is 1.14 bits per heavy atom. The number of nitrogens with zero attached hydrogens (tertiary/aromatic N) is 1. The number of benzene rings is 2. The summed E-state index contributed by atoms with van der Waals surface area (Å²) in [5, 5.41) is 2.87. The van der Waals surface area contributed by atoms with Gasteiger partial charge in [-0.1, -0.05) is 72.5 Å². The quantitative estimate of drug-likeness (QED) is 0.539. The van der Waals surface area contributed by atoms with Gasteiger partial charge in [0.15, 0.2) is 0 Å². The van der Waals surface area contributed by atoms with Gasteiger partial charge in [-0.25, -0.2) is 0 Å². The molecule has 2 amide bonds. The molecule has 0 atom stereocenters. The van der Waals surface area contributed by atoms with E-state index in [1.807, 2.05) is 81.5 Å². The monoisotopic (exact) mass is 422 g/mol. The van der Waals surface area contributed by atoms with Crippen LogP contribution in [0.2, 0.25) is 0 Å². The number of carbonyl (C=O) groups excluding carboxylic acids is 2. The summed E-state index contributed by atoms with van der Waals surface area (Å²) < 4.78 is 0.393. The van der Waals surface area contributed by atoms with Crippen molar-refractivity contribution in [3.8, 4) is 0 Å². The van der Waals surface area contributed by atoms with Crippen molar-refractivity contribution in [3.63, 3.8) is 0 Å². The Hall–Kier alpha value is -2.70.